The molecule has 1 heterocycles. The topological polar surface area (TPSA) is 40.6 Å². The zero-order chi connectivity index (χ0) is 22.1. The quantitative estimate of drug-likeness (QED) is 0.527. The van der Waals surface area contributed by atoms with Crippen LogP contribution in [0.2, 0.25) is 0 Å². The Labute approximate surface area is 183 Å². The second kappa shape index (κ2) is 8.23. The van der Waals surface area contributed by atoms with Crippen LogP contribution in [0.3, 0.4) is 0 Å². The van der Waals surface area contributed by atoms with Crippen LogP contribution >= 0.6 is 0 Å². The number of amides is 2. The highest BCUT2D eigenvalue weighted by Crippen LogP contribution is 2.38. The summed E-state index contributed by atoms with van der Waals surface area (Å²) in [5.74, 6) is -0.580. The summed E-state index contributed by atoms with van der Waals surface area (Å²) in [4.78, 5) is 30.8. The van der Waals surface area contributed by atoms with Crippen molar-refractivity contribution < 1.29 is 9.59 Å². The van der Waals surface area contributed by atoms with E-state index < -0.39 is 0 Å². The Hall–Kier alpha value is -3.66. The Kier molecular flexibility index (Phi) is 5.47. The molecule has 1 aliphatic rings. The number of hydrogen-bond acceptors (Lipinski definition) is 3. The van der Waals surface area contributed by atoms with Crippen molar-refractivity contribution in [1.29, 1.82) is 0 Å². The fourth-order valence-electron chi connectivity index (χ4n) is 4.18. The number of para-hydroxylation sites is 1. The summed E-state index contributed by atoms with van der Waals surface area (Å²) in [7, 11) is 0. The molecule has 4 heteroatoms. The van der Waals surface area contributed by atoms with Gasteiger partial charge < -0.3 is 4.90 Å². The SMILES string of the molecule is CCN(C1=C(c2ccc(C)cc2C)C(=O)N(c2cccc(C)c2)C1=O)c1ccccc1. The number of anilines is 2. The van der Waals surface area contributed by atoms with Gasteiger partial charge in [0.2, 0.25) is 0 Å². The monoisotopic (exact) mass is 410 g/mol. The van der Waals surface area contributed by atoms with Gasteiger partial charge in [0.1, 0.15) is 5.70 Å². The molecule has 0 saturated carbocycles. The van der Waals surface area contributed by atoms with E-state index in [9.17, 15) is 9.59 Å². The average Bonchev–Trinajstić information content (AvgIpc) is 3.00. The van der Waals surface area contributed by atoms with E-state index >= 15 is 0 Å². The molecule has 156 valence electrons. The molecule has 0 saturated heterocycles. The van der Waals surface area contributed by atoms with Gasteiger partial charge in [0.25, 0.3) is 11.8 Å². The number of likely N-dealkylation sites (N-methyl/N-ethyl adjacent to an activating group) is 1. The zero-order valence-corrected chi connectivity index (χ0v) is 18.3. The number of carbonyl (C=O) groups excluding carboxylic acids is 2. The Morgan fingerprint density at radius 3 is 2.13 bits per heavy atom. The van der Waals surface area contributed by atoms with Gasteiger partial charge in [-0.25, -0.2) is 4.90 Å². The van der Waals surface area contributed by atoms with Gasteiger partial charge in [0.15, 0.2) is 0 Å². The second-order valence-corrected chi connectivity index (χ2v) is 7.91. The van der Waals surface area contributed by atoms with Gasteiger partial charge in [-0.15, -0.1) is 0 Å². The van der Waals surface area contributed by atoms with Gasteiger partial charge in [-0.3, -0.25) is 9.59 Å². The molecular formula is C27H26N2O2. The fourth-order valence-corrected chi connectivity index (χ4v) is 4.18. The summed E-state index contributed by atoms with van der Waals surface area (Å²) in [6.07, 6.45) is 0. The normalized spacial score (nSPS) is 13.9. The maximum atomic E-state index is 13.8. The first-order valence-electron chi connectivity index (χ1n) is 10.5. The summed E-state index contributed by atoms with van der Waals surface area (Å²) >= 11 is 0. The van der Waals surface area contributed by atoms with Crippen LogP contribution in [-0.4, -0.2) is 18.4 Å². The van der Waals surface area contributed by atoms with Crippen LogP contribution in [0.1, 0.15) is 29.2 Å². The minimum atomic E-state index is -0.295. The van der Waals surface area contributed by atoms with E-state index in [2.05, 4.69) is 0 Å². The highest BCUT2D eigenvalue weighted by Gasteiger charge is 2.43. The molecule has 4 nitrogen and oxygen atoms in total. The molecule has 31 heavy (non-hydrogen) atoms. The van der Waals surface area contributed by atoms with Crippen LogP contribution in [0.5, 0.6) is 0 Å². The predicted octanol–water partition coefficient (Wildman–Crippen LogP) is 5.42. The van der Waals surface area contributed by atoms with E-state index in [4.69, 9.17) is 0 Å². The Bertz CT molecular complexity index is 1190. The summed E-state index contributed by atoms with van der Waals surface area (Å²) in [5.41, 5.74) is 6.24. The molecular weight excluding hydrogens is 384 g/mol. The van der Waals surface area contributed by atoms with Crippen molar-refractivity contribution >= 4 is 28.8 Å². The number of imide groups is 1. The van der Waals surface area contributed by atoms with Gasteiger partial charge in [0, 0.05) is 12.2 Å². The smallest absolute Gasteiger partial charge is 0.282 e. The van der Waals surface area contributed by atoms with Crippen molar-refractivity contribution in [3.8, 4) is 0 Å². The van der Waals surface area contributed by atoms with Gasteiger partial charge in [-0.2, -0.15) is 0 Å². The summed E-state index contributed by atoms with van der Waals surface area (Å²) < 4.78 is 0. The predicted molar refractivity (Wildman–Crippen MR) is 126 cm³/mol. The molecule has 0 fully saturated rings. The molecule has 0 aromatic heterocycles. The van der Waals surface area contributed by atoms with Gasteiger partial charge in [-0.1, -0.05) is 54.1 Å². The molecule has 0 radical (unpaired) electrons. The number of carbonyl (C=O) groups is 2. The van der Waals surface area contributed by atoms with Crippen molar-refractivity contribution in [2.45, 2.75) is 27.7 Å². The molecule has 2 amide bonds. The molecule has 0 bridgehead atoms. The van der Waals surface area contributed by atoms with Crippen LogP contribution < -0.4 is 9.80 Å². The fraction of sp³-hybridized carbons (Fsp3) is 0.185. The van der Waals surface area contributed by atoms with E-state index in [-0.39, 0.29) is 11.8 Å². The van der Waals surface area contributed by atoms with E-state index in [1.54, 1.807) is 0 Å². The lowest BCUT2D eigenvalue weighted by molar-refractivity contribution is -0.120. The van der Waals surface area contributed by atoms with E-state index in [0.29, 0.717) is 23.5 Å². The largest absolute Gasteiger partial charge is 0.337 e. The Balaban J connectivity index is 1.95. The first-order valence-corrected chi connectivity index (χ1v) is 10.5. The van der Waals surface area contributed by atoms with Gasteiger partial charge >= 0.3 is 0 Å². The number of hydrogen-bond donors (Lipinski definition) is 0. The molecule has 3 aromatic carbocycles. The first kappa shape index (κ1) is 20.6. The van der Waals surface area contributed by atoms with Crippen LogP contribution in [0.4, 0.5) is 11.4 Å². The lowest BCUT2D eigenvalue weighted by atomic mass is 9.97. The molecule has 4 rings (SSSR count). The maximum Gasteiger partial charge on any atom is 0.282 e. The van der Waals surface area contributed by atoms with E-state index in [1.807, 2.05) is 105 Å². The van der Waals surface area contributed by atoms with Gasteiger partial charge in [-0.05, 0) is 68.7 Å². The summed E-state index contributed by atoms with van der Waals surface area (Å²) in [5, 5.41) is 0. The van der Waals surface area contributed by atoms with E-state index in [1.165, 1.54) is 4.90 Å². The van der Waals surface area contributed by atoms with Crippen LogP contribution in [-0.2, 0) is 9.59 Å². The van der Waals surface area contributed by atoms with Crippen molar-refractivity contribution in [3.63, 3.8) is 0 Å². The highest BCUT2D eigenvalue weighted by atomic mass is 16.2. The Morgan fingerprint density at radius 2 is 1.48 bits per heavy atom. The minimum Gasteiger partial charge on any atom is -0.337 e. The zero-order valence-electron chi connectivity index (χ0n) is 18.3. The molecule has 0 aliphatic carbocycles. The number of benzene rings is 3. The lowest BCUT2D eigenvalue weighted by Crippen LogP contribution is -2.35. The number of aryl methyl sites for hydroxylation is 3. The van der Waals surface area contributed by atoms with Crippen molar-refractivity contribution in [3.05, 3.63) is 101 Å². The van der Waals surface area contributed by atoms with Crippen LogP contribution in [0.15, 0.2) is 78.5 Å². The molecule has 3 aromatic rings. The summed E-state index contributed by atoms with van der Waals surface area (Å²) in [6.45, 7) is 8.52. The number of rotatable bonds is 5. The van der Waals surface area contributed by atoms with Crippen molar-refractivity contribution in [1.82, 2.24) is 0 Å². The molecule has 0 spiro atoms. The van der Waals surface area contributed by atoms with Crippen molar-refractivity contribution in [2.24, 2.45) is 0 Å². The number of nitrogens with zero attached hydrogens (tertiary/aromatic N) is 2. The standard InChI is InChI=1S/C27H26N2O2/c1-5-28(21-11-7-6-8-12-21)25-24(23-15-14-19(3)16-20(23)4)26(30)29(27(25)31)22-13-9-10-18(2)17-22/h6-17H,5H2,1-4H3. The Morgan fingerprint density at radius 1 is 0.774 bits per heavy atom. The third kappa shape index (κ3) is 3.66. The van der Waals surface area contributed by atoms with Crippen molar-refractivity contribution in [2.75, 3.05) is 16.3 Å². The van der Waals surface area contributed by atoms with Crippen LogP contribution in [0, 0.1) is 20.8 Å². The molecule has 1 aliphatic heterocycles. The third-order valence-electron chi connectivity index (χ3n) is 5.62. The lowest BCUT2D eigenvalue weighted by Gasteiger charge is -2.25. The molecule has 0 atom stereocenters. The van der Waals surface area contributed by atoms with E-state index in [0.717, 1.165) is 27.9 Å². The average molecular weight is 411 g/mol. The highest BCUT2D eigenvalue weighted by molar-refractivity contribution is 6.46. The minimum absolute atomic E-state index is 0.285. The second-order valence-electron chi connectivity index (χ2n) is 7.91. The molecule has 0 N–H and O–H groups in total. The third-order valence-corrected chi connectivity index (χ3v) is 5.62. The molecule has 0 unspecified atom stereocenters. The maximum absolute atomic E-state index is 13.8. The van der Waals surface area contributed by atoms with Gasteiger partial charge in [0.05, 0.1) is 11.3 Å². The van der Waals surface area contributed by atoms with Crippen LogP contribution in [0.25, 0.3) is 5.57 Å². The first-order chi connectivity index (χ1) is 14.9. The summed E-state index contributed by atoms with van der Waals surface area (Å²) in [6, 6.07) is 23.2.